The Hall–Kier alpha value is -3.04. The van der Waals surface area contributed by atoms with Crippen LogP contribution < -0.4 is 4.90 Å². The lowest BCUT2D eigenvalue weighted by atomic mass is 10.1. The van der Waals surface area contributed by atoms with Gasteiger partial charge in [-0.25, -0.2) is 4.79 Å². The van der Waals surface area contributed by atoms with Crippen molar-refractivity contribution in [2.24, 2.45) is 0 Å². The Labute approximate surface area is 170 Å². The lowest BCUT2D eigenvalue weighted by molar-refractivity contribution is -0.384. The van der Waals surface area contributed by atoms with Crippen LogP contribution in [0.2, 0.25) is 0 Å². The molecular formula is C19H14N2O5S2. The van der Waals surface area contributed by atoms with Crippen LogP contribution in [0.5, 0.6) is 0 Å². The van der Waals surface area contributed by atoms with Crippen molar-refractivity contribution in [1.82, 2.24) is 0 Å². The van der Waals surface area contributed by atoms with Crippen molar-refractivity contribution in [3.05, 3.63) is 74.7 Å². The summed E-state index contributed by atoms with van der Waals surface area (Å²) in [6.45, 7) is 1.96. The number of nitro benzene ring substituents is 1. The third-order valence-corrected chi connectivity index (χ3v) is 5.09. The van der Waals surface area contributed by atoms with E-state index in [1.165, 1.54) is 17.0 Å². The molecule has 9 heteroatoms. The van der Waals surface area contributed by atoms with Crippen LogP contribution in [0, 0.1) is 10.1 Å². The fourth-order valence-electron chi connectivity index (χ4n) is 2.56. The zero-order valence-corrected chi connectivity index (χ0v) is 16.3. The summed E-state index contributed by atoms with van der Waals surface area (Å²) in [5, 5.41) is 10.9. The maximum Gasteiger partial charge on any atom is 0.338 e. The Morgan fingerprint density at radius 3 is 2.75 bits per heavy atom. The summed E-state index contributed by atoms with van der Waals surface area (Å²) >= 11 is 6.42. The van der Waals surface area contributed by atoms with Gasteiger partial charge in [-0.05, 0) is 36.8 Å². The number of ether oxygens (including phenoxy) is 1. The van der Waals surface area contributed by atoms with E-state index >= 15 is 0 Å². The van der Waals surface area contributed by atoms with Crippen LogP contribution in [0.3, 0.4) is 0 Å². The highest BCUT2D eigenvalue weighted by atomic mass is 32.2. The van der Waals surface area contributed by atoms with E-state index in [2.05, 4.69) is 0 Å². The number of anilines is 1. The fourth-order valence-corrected chi connectivity index (χ4v) is 3.86. The van der Waals surface area contributed by atoms with Gasteiger partial charge in [0, 0.05) is 12.1 Å². The van der Waals surface area contributed by atoms with Gasteiger partial charge in [-0.2, -0.15) is 0 Å². The van der Waals surface area contributed by atoms with Crippen molar-refractivity contribution in [3.8, 4) is 0 Å². The third kappa shape index (κ3) is 4.10. The molecule has 1 fully saturated rings. The first-order valence-electron chi connectivity index (χ1n) is 8.20. The molecule has 0 aromatic heterocycles. The summed E-state index contributed by atoms with van der Waals surface area (Å²) in [6, 6.07) is 12.4. The molecule has 1 heterocycles. The second kappa shape index (κ2) is 8.32. The number of esters is 1. The molecule has 7 nitrogen and oxygen atoms in total. The van der Waals surface area contributed by atoms with E-state index in [-0.39, 0.29) is 18.2 Å². The minimum Gasteiger partial charge on any atom is -0.462 e. The van der Waals surface area contributed by atoms with Gasteiger partial charge in [-0.15, -0.1) is 0 Å². The standard InChI is InChI=1S/C19H14N2O5S2/c1-2-26-18(23)13-6-4-7-14(11-13)20-17(22)16(28-19(20)27)10-12-5-3-8-15(9-12)21(24)25/h3-11H,2H2,1H3/b16-10+. The molecule has 0 unspecified atom stereocenters. The number of benzene rings is 2. The van der Waals surface area contributed by atoms with Crippen LogP contribution in [0.25, 0.3) is 6.08 Å². The predicted octanol–water partition coefficient (Wildman–Crippen LogP) is 4.18. The highest BCUT2D eigenvalue weighted by Gasteiger charge is 2.33. The van der Waals surface area contributed by atoms with Gasteiger partial charge in [-0.1, -0.05) is 42.2 Å². The minimum atomic E-state index is -0.497. The normalized spacial score (nSPS) is 15.2. The number of amides is 1. The predicted molar refractivity (Wildman–Crippen MR) is 111 cm³/mol. The van der Waals surface area contributed by atoms with Crippen LogP contribution in [-0.2, 0) is 9.53 Å². The molecule has 0 saturated carbocycles. The minimum absolute atomic E-state index is 0.0635. The van der Waals surface area contributed by atoms with Crippen LogP contribution in [0.15, 0.2) is 53.4 Å². The van der Waals surface area contributed by atoms with Gasteiger partial charge in [0.05, 0.1) is 27.7 Å². The molecule has 0 spiro atoms. The Bertz CT molecular complexity index is 1020. The van der Waals surface area contributed by atoms with Gasteiger partial charge in [-0.3, -0.25) is 19.8 Å². The Morgan fingerprint density at radius 1 is 1.29 bits per heavy atom. The van der Waals surface area contributed by atoms with E-state index in [1.54, 1.807) is 49.4 Å². The maximum atomic E-state index is 12.8. The Morgan fingerprint density at radius 2 is 2.04 bits per heavy atom. The number of rotatable bonds is 5. The van der Waals surface area contributed by atoms with Crippen LogP contribution in [-0.4, -0.2) is 27.7 Å². The monoisotopic (exact) mass is 414 g/mol. The second-order valence-corrected chi connectivity index (χ2v) is 7.32. The zero-order valence-electron chi connectivity index (χ0n) is 14.7. The molecule has 1 aliphatic heterocycles. The number of carbonyl (C=O) groups is 2. The molecule has 28 heavy (non-hydrogen) atoms. The zero-order chi connectivity index (χ0) is 20.3. The lowest BCUT2D eigenvalue weighted by Crippen LogP contribution is -2.27. The number of thiocarbonyl (C=S) groups is 1. The van der Waals surface area contributed by atoms with Gasteiger partial charge in [0.2, 0.25) is 0 Å². The molecule has 0 aliphatic carbocycles. The average Bonchev–Trinajstić information content (AvgIpc) is 2.95. The highest BCUT2D eigenvalue weighted by molar-refractivity contribution is 8.27. The Kier molecular flexibility index (Phi) is 5.86. The molecule has 1 aliphatic rings. The van der Waals surface area contributed by atoms with E-state index in [9.17, 15) is 19.7 Å². The first-order valence-corrected chi connectivity index (χ1v) is 9.42. The van der Waals surface area contributed by atoms with Gasteiger partial charge in [0.15, 0.2) is 4.32 Å². The SMILES string of the molecule is CCOC(=O)c1cccc(N2C(=O)/C(=C\c3cccc([N+](=O)[O-])c3)SC2=S)c1. The molecule has 0 atom stereocenters. The smallest absolute Gasteiger partial charge is 0.338 e. The number of hydrogen-bond donors (Lipinski definition) is 0. The van der Waals surface area contributed by atoms with Gasteiger partial charge in [0.25, 0.3) is 11.6 Å². The topological polar surface area (TPSA) is 89.8 Å². The molecule has 0 radical (unpaired) electrons. The summed E-state index contributed by atoms with van der Waals surface area (Å²) < 4.78 is 5.29. The first kappa shape index (κ1) is 19.7. The van der Waals surface area contributed by atoms with E-state index < -0.39 is 10.9 Å². The molecule has 2 aromatic carbocycles. The van der Waals surface area contributed by atoms with E-state index in [1.807, 2.05) is 0 Å². The van der Waals surface area contributed by atoms with E-state index in [0.717, 1.165) is 11.8 Å². The van der Waals surface area contributed by atoms with Crippen molar-refractivity contribution in [1.29, 1.82) is 0 Å². The quantitative estimate of drug-likeness (QED) is 0.238. The summed E-state index contributed by atoms with van der Waals surface area (Å²) in [5.41, 5.74) is 1.23. The first-order chi connectivity index (χ1) is 13.4. The van der Waals surface area contributed by atoms with Crippen molar-refractivity contribution >= 4 is 57.6 Å². The molecule has 0 N–H and O–H groups in total. The molecule has 1 amide bonds. The fraction of sp³-hybridized carbons (Fsp3) is 0.105. The molecule has 0 bridgehead atoms. The number of hydrogen-bond acceptors (Lipinski definition) is 7. The molecule has 1 saturated heterocycles. The summed E-state index contributed by atoms with van der Waals surface area (Å²) in [6.07, 6.45) is 1.56. The molecule has 2 aromatic rings. The maximum absolute atomic E-state index is 12.8. The van der Waals surface area contributed by atoms with Crippen LogP contribution >= 0.6 is 24.0 Å². The number of non-ortho nitro benzene ring substituents is 1. The summed E-state index contributed by atoms with van der Waals surface area (Å²) in [7, 11) is 0. The molecule has 142 valence electrons. The van der Waals surface area contributed by atoms with Crippen LogP contribution in [0.4, 0.5) is 11.4 Å². The van der Waals surface area contributed by atoms with Crippen molar-refractivity contribution in [3.63, 3.8) is 0 Å². The number of carbonyl (C=O) groups excluding carboxylic acids is 2. The summed E-state index contributed by atoms with van der Waals surface area (Å²) in [4.78, 5) is 36.9. The van der Waals surface area contributed by atoms with E-state index in [4.69, 9.17) is 17.0 Å². The average molecular weight is 414 g/mol. The van der Waals surface area contributed by atoms with Crippen molar-refractivity contribution in [2.45, 2.75) is 6.92 Å². The molecular weight excluding hydrogens is 400 g/mol. The Balaban J connectivity index is 1.90. The number of thioether (sulfide) groups is 1. The van der Waals surface area contributed by atoms with Crippen molar-refractivity contribution in [2.75, 3.05) is 11.5 Å². The van der Waals surface area contributed by atoms with Crippen molar-refractivity contribution < 1.29 is 19.2 Å². The van der Waals surface area contributed by atoms with Crippen LogP contribution in [0.1, 0.15) is 22.8 Å². The number of nitrogens with zero attached hydrogens (tertiary/aromatic N) is 2. The highest BCUT2D eigenvalue weighted by Crippen LogP contribution is 2.36. The largest absolute Gasteiger partial charge is 0.462 e. The lowest BCUT2D eigenvalue weighted by Gasteiger charge is -2.15. The summed E-state index contributed by atoms with van der Waals surface area (Å²) in [5.74, 6) is -0.843. The third-order valence-electron chi connectivity index (χ3n) is 3.79. The van der Waals surface area contributed by atoms with Gasteiger partial charge in [0.1, 0.15) is 0 Å². The van der Waals surface area contributed by atoms with Gasteiger partial charge >= 0.3 is 5.97 Å². The van der Waals surface area contributed by atoms with E-state index in [0.29, 0.717) is 26.0 Å². The number of nitro groups is 1. The second-order valence-electron chi connectivity index (χ2n) is 5.64. The van der Waals surface area contributed by atoms with Gasteiger partial charge < -0.3 is 4.74 Å². The molecule has 3 rings (SSSR count).